The fraction of sp³-hybridized carbons (Fsp3) is 0.600. The first-order valence-electron chi connectivity index (χ1n) is 9.57. The van der Waals surface area contributed by atoms with Gasteiger partial charge in [0.15, 0.2) is 0 Å². The Morgan fingerprint density at radius 2 is 1.92 bits per heavy atom. The fourth-order valence-corrected chi connectivity index (χ4v) is 3.87. The molecule has 3 amide bonds. The van der Waals surface area contributed by atoms with Gasteiger partial charge in [-0.3, -0.25) is 4.79 Å². The summed E-state index contributed by atoms with van der Waals surface area (Å²) in [6.45, 7) is 6.86. The van der Waals surface area contributed by atoms with Crippen molar-refractivity contribution in [1.82, 2.24) is 10.2 Å². The van der Waals surface area contributed by atoms with Crippen molar-refractivity contribution in [1.29, 1.82) is 0 Å². The van der Waals surface area contributed by atoms with Crippen molar-refractivity contribution in [3.05, 3.63) is 29.3 Å². The lowest BCUT2D eigenvalue weighted by atomic mass is 10.0. The van der Waals surface area contributed by atoms with Crippen molar-refractivity contribution < 1.29 is 14.5 Å². The molecule has 0 saturated carbocycles. The average Bonchev–Trinajstić information content (AvgIpc) is 2.97. The number of amides is 3. The first-order chi connectivity index (χ1) is 12.3. The standard InChI is InChI=1S/C20H30N4O2/c1-14-5-6-18(11-15(14)2)24-13-16(12-19(24)25)21-20(26)23(4)17-7-9-22(3)10-8-17/h5-6,11,16-17H,7-10,12-13H2,1-4H3,(H,21,26)/p+1/t16-/m0/s1. The minimum absolute atomic E-state index is 0.0608. The number of nitrogens with one attached hydrogen (secondary N) is 2. The van der Waals surface area contributed by atoms with Crippen LogP contribution in [0.3, 0.4) is 0 Å². The van der Waals surface area contributed by atoms with Crippen LogP contribution in [0.25, 0.3) is 0 Å². The van der Waals surface area contributed by atoms with Crippen LogP contribution < -0.4 is 15.1 Å². The van der Waals surface area contributed by atoms with Gasteiger partial charge < -0.3 is 20.0 Å². The predicted molar refractivity (Wildman–Crippen MR) is 103 cm³/mol. The van der Waals surface area contributed by atoms with Crippen LogP contribution in [0.2, 0.25) is 0 Å². The molecule has 2 heterocycles. The molecule has 142 valence electrons. The number of hydrogen-bond donors (Lipinski definition) is 2. The second-order valence-electron chi connectivity index (χ2n) is 7.92. The number of carbonyl (C=O) groups is 2. The molecule has 1 aromatic rings. The lowest BCUT2D eigenvalue weighted by molar-refractivity contribution is -0.885. The molecule has 2 fully saturated rings. The first-order valence-corrected chi connectivity index (χ1v) is 9.57. The molecule has 2 N–H and O–H groups in total. The van der Waals surface area contributed by atoms with Crippen LogP contribution in [-0.2, 0) is 4.79 Å². The van der Waals surface area contributed by atoms with Crippen LogP contribution in [0.4, 0.5) is 10.5 Å². The van der Waals surface area contributed by atoms with E-state index in [4.69, 9.17) is 0 Å². The minimum atomic E-state index is -0.129. The maximum absolute atomic E-state index is 12.6. The van der Waals surface area contributed by atoms with E-state index in [-0.39, 0.29) is 18.0 Å². The van der Waals surface area contributed by atoms with Gasteiger partial charge in [0.2, 0.25) is 5.91 Å². The predicted octanol–water partition coefficient (Wildman–Crippen LogP) is 0.727. The molecule has 1 atom stereocenters. The molecule has 0 spiro atoms. The molecule has 0 unspecified atom stereocenters. The summed E-state index contributed by atoms with van der Waals surface area (Å²) >= 11 is 0. The van der Waals surface area contributed by atoms with E-state index in [1.807, 2.05) is 30.1 Å². The third-order valence-corrected chi connectivity index (χ3v) is 5.93. The van der Waals surface area contributed by atoms with Crippen molar-refractivity contribution in [3.8, 4) is 0 Å². The van der Waals surface area contributed by atoms with Gasteiger partial charge in [-0.05, 0) is 37.1 Å². The summed E-state index contributed by atoms with van der Waals surface area (Å²) in [5.41, 5.74) is 3.31. The molecular formula is C20H31N4O2+. The number of benzene rings is 1. The molecule has 2 aliphatic rings. The zero-order valence-corrected chi connectivity index (χ0v) is 16.3. The van der Waals surface area contributed by atoms with Gasteiger partial charge in [0.1, 0.15) is 0 Å². The molecule has 0 bridgehead atoms. The summed E-state index contributed by atoms with van der Waals surface area (Å²) in [5, 5.41) is 3.06. The van der Waals surface area contributed by atoms with Crippen molar-refractivity contribution >= 4 is 17.6 Å². The summed E-state index contributed by atoms with van der Waals surface area (Å²) in [4.78, 5) is 30.2. The van der Waals surface area contributed by atoms with Gasteiger partial charge in [0, 0.05) is 44.6 Å². The highest BCUT2D eigenvalue weighted by molar-refractivity contribution is 5.96. The Labute approximate surface area is 156 Å². The number of nitrogens with zero attached hydrogens (tertiary/aromatic N) is 2. The number of anilines is 1. The van der Waals surface area contributed by atoms with Crippen LogP contribution in [-0.4, -0.2) is 62.7 Å². The van der Waals surface area contributed by atoms with Crippen LogP contribution in [0.1, 0.15) is 30.4 Å². The van der Waals surface area contributed by atoms with Gasteiger partial charge >= 0.3 is 6.03 Å². The second-order valence-corrected chi connectivity index (χ2v) is 7.92. The Hall–Kier alpha value is -2.08. The highest BCUT2D eigenvalue weighted by atomic mass is 16.2. The van der Waals surface area contributed by atoms with Gasteiger partial charge in [-0.15, -0.1) is 0 Å². The topological polar surface area (TPSA) is 57.1 Å². The van der Waals surface area contributed by atoms with E-state index in [9.17, 15) is 9.59 Å². The summed E-state index contributed by atoms with van der Waals surface area (Å²) < 4.78 is 0. The quantitative estimate of drug-likeness (QED) is 0.836. The third-order valence-electron chi connectivity index (χ3n) is 5.93. The van der Waals surface area contributed by atoms with Gasteiger partial charge in [0.25, 0.3) is 0 Å². The number of aryl methyl sites for hydroxylation is 2. The molecule has 6 nitrogen and oxygen atoms in total. The Kier molecular flexibility index (Phi) is 5.51. The Morgan fingerprint density at radius 1 is 1.23 bits per heavy atom. The number of carbonyl (C=O) groups excluding carboxylic acids is 2. The lowest BCUT2D eigenvalue weighted by Crippen LogP contribution is -3.10. The van der Waals surface area contributed by atoms with E-state index in [1.54, 1.807) is 4.90 Å². The summed E-state index contributed by atoms with van der Waals surface area (Å²) in [7, 11) is 4.07. The Balaban J connectivity index is 1.58. The maximum atomic E-state index is 12.6. The number of urea groups is 1. The number of piperidine rings is 1. The number of hydrogen-bond acceptors (Lipinski definition) is 2. The van der Waals surface area contributed by atoms with Gasteiger partial charge in [-0.1, -0.05) is 6.07 Å². The maximum Gasteiger partial charge on any atom is 0.317 e. The van der Waals surface area contributed by atoms with Crippen LogP contribution >= 0.6 is 0 Å². The molecule has 6 heteroatoms. The van der Waals surface area contributed by atoms with Crippen LogP contribution in [0, 0.1) is 13.8 Å². The van der Waals surface area contributed by atoms with Crippen molar-refractivity contribution in [2.45, 2.75) is 45.2 Å². The normalized spacial score (nSPS) is 26.1. The number of likely N-dealkylation sites (tertiary alicyclic amines) is 1. The molecule has 0 aliphatic carbocycles. The molecule has 0 aromatic heterocycles. The summed E-state index contributed by atoms with van der Waals surface area (Å²) in [6, 6.07) is 6.18. The molecule has 2 aliphatic heterocycles. The highest BCUT2D eigenvalue weighted by Gasteiger charge is 2.33. The molecular weight excluding hydrogens is 328 g/mol. The number of rotatable bonds is 3. The van der Waals surface area contributed by atoms with E-state index >= 15 is 0 Å². The summed E-state index contributed by atoms with van der Waals surface area (Å²) in [5.74, 6) is 0.0732. The van der Waals surface area contributed by atoms with Gasteiger partial charge in [-0.25, -0.2) is 4.79 Å². The smallest absolute Gasteiger partial charge is 0.317 e. The van der Waals surface area contributed by atoms with Crippen molar-refractivity contribution in [2.24, 2.45) is 0 Å². The molecule has 0 radical (unpaired) electrons. The fourth-order valence-electron chi connectivity index (χ4n) is 3.87. The van der Waals surface area contributed by atoms with E-state index in [1.165, 1.54) is 16.0 Å². The average molecular weight is 359 g/mol. The van der Waals surface area contributed by atoms with Crippen molar-refractivity contribution in [3.63, 3.8) is 0 Å². The monoisotopic (exact) mass is 359 g/mol. The second kappa shape index (κ2) is 7.66. The molecule has 3 rings (SSSR count). The van der Waals surface area contributed by atoms with E-state index in [2.05, 4.69) is 26.2 Å². The van der Waals surface area contributed by atoms with Crippen molar-refractivity contribution in [2.75, 3.05) is 38.6 Å². The largest absolute Gasteiger partial charge is 0.337 e. The lowest BCUT2D eigenvalue weighted by Gasteiger charge is -2.33. The van der Waals surface area contributed by atoms with Gasteiger partial charge in [-0.2, -0.15) is 0 Å². The Bertz CT molecular complexity index is 682. The Morgan fingerprint density at radius 3 is 2.58 bits per heavy atom. The van der Waals surface area contributed by atoms with Crippen LogP contribution in [0.5, 0.6) is 0 Å². The van der Waals surface area contributed by atoms with E-state index < -0.39 is 0 Å². The highest BCUT2D eigenvalue weighted by Crippen LogP contribution is 2.24. The molecule has 1 aromatic carbocycles. The van der Waals surface area contributed by atoms with E-state index in [0.717, 1.165) is 31.6 Å². The summed E-state index contributed by atoms with van der Waals surface area (Å²) in [6.07, 6.45) is 2.44. The number of quaternary nitrogens is 1. The molecule has 2 saturated heterocycles. The zero-order chi connectivity index (χ0) is 18.8. The zero-order valence-electron chi connectivity index (χ0n) is 16.3. The van der Waals surface area contributed by atoms with Gasteiger partial charge in [0.05, 0.1) is 26.2 Å². The first kappa shape index (κ1) is 18.7. The van der Waals surface area contributed by atoms with E-state index in [0.29, 0.717) is 19.0 Å². The van der Waals surface area contributed by atoms with Crippen LogP contribution in [0.15, 0.2) is 18.2 Å². The molecule has 26 heavy (non-hydrogen) atoms. The third kappa shape index (κ3) is 4.01. The SMILES string of the molecule is Cc1ccc(N2C[C@@H](NC(=O)N(C)C3CC[NH+](C)CC3)CC2=O)cc1C. The minimum Gasteiger partial charge on any atom is -0.337 e.